The minimum absolute atomic E-state index is 0.118. The van der Waals surface area contributed by atoms with E-state index in [1.807, 2.05) is 6.92 Å². The fraction of sp³-hybridized carbons (Fsp3) is 0.611. The second kappa shape index (κ2) is 6.69. The number of anilines is 1. The third kappa shape index (κ3) is 3.27. The molecule has 1 N–H and O–H groups in total. The van der Waals surface area contributed by atoms with Gasteiger partial charge in [0.25, 0.3) is 0 Å². The van der Waals surface area contributed by atoms with Crippen molar-refractivity contribution in [1.82, 2.24) is 5.32 Å². The zero-order valence-corrected chi connectivity index (χ0v) is 13.5. The van der Waals surface area contributed by atoms with Crippen molar-refractivity contribution in [3.05, 3.63) is 29.8 Å². The summed E-state index contributed by atoms with van der Waals surface area (Å²) in [5.74, 6) is 0.308. The van der Waals surface area contributed by atoms with E-state index in [1.165, 1.54) is 11.3 Å². The molecule has 0 bridgehead atoms. The Morgan fingerprint density at radius 3 is 3.00 bits per heavy atom. The molecule has 0 aliphatic carbocycles. The number of carbonyl (C=O) groups is 1. The molecule has 0 spiro atoms. The first-order valence-electron chi connectivity index (χ1n) is 8.39. The van der Waals surface area contributed by atoms with E-state index in [0.717, 1.165) is 25.8 Å². The van der Waals surface area contributed by atoms with E-state index in [-0.39, 0.29) is 17.9 Å². The van der Waals surface area contributed by atoms with Crippen molar-refractivity contribution < 1.29 is 9.53 Å². The Bertz CT molecular complexity index is 532. The first-order valence-corrected chi connectivity index (χ1v) is 8.39. The summed E-state index contributed by atoms with van der Waals surface area (Å²) in [5, 5.41) is 3.12. The standard InChI is InChI=1S/C18H26N2O2/c1-13-11-15-5-3-4-6-17(15)20(13)9-8-19-18(21)16-7-10-22-14(2)12-16/h3-6,13-14,16H,7-12H2,1-2H3,(H,19,21)/t13-,14+,16-/m0/s1. The van der Waals surface area contributed by atoms with Crippen LogP contribution in [-0.4, -0.2) is 37.7 Å². The summed E-state index contributed by atoms with van der Waals surface area (Å²) in [4.78, 5) is 14.7. The largest absolute Gasteiger partial charge is 0.378 e. The van der Waals surface area contributed by atoms with Gasteiger partial charge >= 0.3 is 0 Å². The molecule has 120 valence electrons. The monoisotopic (exact) mass is 302 g/mol. The lowest BCUT2D eigenvalue weighted by molar-refractivity contribution is -0.129. The summed E-state index contributed by atoms with van der Waals surface area (Å²) in [5.41, 5.74) is 2.74. The Morgan fingerprint density at radius 2 is 2.18 bits per heavy atom. The van der Waals surface area contributed by atoms with E-state index >= 15 is 0 Å². The van der Waals surface area contributed by atoms with Gasteiger partial charge in [0.1, 0.15) is 0 Å². The Balaban J connectivity index is 1.50. The maximum Gasteiger partial charge on any atom is 0.223 e. The zero-order valence-electron chi connectivity index (χ0n) is 13.5. The summed E-state index contributed by atoms with van der Waals surface area (Å²) in [6, 6.07) is 9.08. The molecular formula is C18H26N2O2. The third-order valence-corrected chi connectivity index (χ3v) is 4.86. The van der Waals surface area contributed by atoms with E-state index in [0.29, 0.717) is 19.2 Å². The van der Waals surface area contributed by atoms with E-state index < -0.39 is 0 Å². The second-order valence-corrected chi connectivity index (χ2v) is 6.57. The van der Waals surface area contributed by atoms with Gasteiger partial charge in [-0.25, -0.2) is 0 Å². The number of rotatable bonds is 4. The molecule has 4 heteroatoms. The Morgan fingerprint density at radius 1 is 1.36 bits per heavy atom. The van der Waals surface area contributed by atoms with Crippen molar-refractivity contribution in [2.75, 3.05) is 24.6 Å². The van der Waals surface area contributed by atoms with Gasteiger partial charge < -0.3 is 15.0 Å². The van der Waals surface area contributed by atoms with Crippen molar-refractivity contribution in [3.8, 4) is 0 Å². The highest BCUT2D eigenvalue weighted by Gasteiger charge is 2.27. The normalized spacial score (nSPS) is 27.5. The molecule has 0 radical (unpaired) electrons. The van der Waals surface area contributed by atoms with Gasteiger partial charge in [-0.3, -0.25) is 4.79 Å². The molecule has 1 aromatic carbocycles. The molecule has 2 aliphatic heterocycles. The van der Waals surface area contributed by atoms with Gasteiger partial charge in [-0.05, 0) is 44.7 Å². The van der Waals surface area contributed by atoms with Crippen LogP contribution in [0.15, 0.2) is 24.3 Å². The number of hydrogen-bond donors (Lipinski definition) is 1. The van der Waals surface area contributed by atoms with Gasteiger partial charge in [0.2, 0.25) is 5.91 Å². The number of para-hydroxylation sites is 1. The van der Waals surface area contributed by atoms with Crippen LogP contribution in [-0.2, 0) is 16.0 Å². The van der Waals surface area contributed by atoms with Gasteiger partial charge in [-0.2, -0.15) is 0 Å². The Kier molecular flexibility index (Phi) is 4.67. The first-order chi connectivity index (χ1) is 10.6. The van der Waals surface area contributed by atoms with Crippen molar-refractivity contribution in [1.29, 1.82) is 0 Å². The van der Waals surface area contributed by atoms with E-state index in [4.69, 9.17) is 4.74 Å². The summed E-state index contributed by atoms with van der Waals surface area (Å²) in [6.45, 7) is 6.59. The molecule has 0 aromatic heterocycles. The van der Waals surface area contributed by atoms with Crippen LogP contribution in [0.25, 0.3) is 0 Å². The average molecular weight is 302 g/mol. The van der Waals surface area contributed by atoms with Crippen LogP contribution in [0.1, 0.15) is 32.3 Å². The molecule has 4 nitrogen and oxygen atoms in total. The summed E-state index contributed by atoms with van der Waals surface area (Å²) in [7, 11) is 0. The molecule has 1 aromatic rings. The van der Waals surface area contributed by atoms with Crippen LogP contribution in [0.3, 0.4) is 0 Å². The number of nitrogens with zero attached hydrogens (tertiary/aromatic N) is 1. The summed E-state index contributed by atoms with van der Waals surface area (Å²) in [6.07, 6.45) is 2.99. The Hall–Kier alpha value is -1.55. The number of hydrogen-bond acceptors (Lipinski definition) is 3. The lowest BCUT2D eigenvalue weighted by Crippen LogP contribution is -2.41. The van der Waals surface area contributed by atoms with Crippen LogP contribution >= 0.6 is 0 Å². The predicted molar refractivity (Wildman–Crippen MR) is 88.1 cm³/mol. The molecular weight excluding hydrogens is 276 g/mol. The molecule has 3 atom stereocenters. The van der Waals surface area contributed by atoms with Gasteiger partial charge in [0.05, 0.1) is 6.10 Å². The molecule has 0 saturated carbocycles. The van der Waals surface area contributed by atoms with Gasteiger partial charge in [0, 0.05) is 37.3 Å². The van der Waals surface area contributed by atoms with Crippen molar-refractivity contribution in [2.24, 2.45) is 5.92 Å². The van der Waals surface area contributed by atoms with Crippen molar-refractivity contribution in [3.63, 3.8) is 0 Å². The zero-order chi connectivity index (χ0) is 15.5. The van der Waals surface area contributed by atoms with E-state index in [2.05, 4.69) is 41.4 Å². The van der Waals surface area contributed by atoms with Gasteiger partial charge in [-0.1, -0.05) is 18.2 Å². The van der Waals surface area contributed by atoms with Crippen LogP contribution in [0, 0.1) is 5.92 Å². The smallest absolute Gasteiger partial charge is 0.223 e. The number of ether oxygens (including phenoxy) is 1. The van der Waals surface area contributed by atoms with Gasteiger partial charge in [0.15, 0.2) is 0 Å². The van der Waals surface area contributed by atoms with Crippen LogP contribution in [0.2, 0.25) is 0 Å². The minimum atomic E-state index is 0.118. The highest BCUT2D eigenvalue weighted by atomic mass is 16.5. The van der Waals surface area contributed by atoms with Crippen LogP contribution in [0.5, 0.6) is 0 Å². The molecule has 1 fully saturated rings. The molecule has 1 amide bonds. The minimum Gasteiger partial charge on any atom is -0.378 e. The molecule has 2 heterocycles. The van der Waals surface area contributed by atoms with Gasteiger partial charge in [-0.15, -0.1) is 0 Å². The highest BCUT2D eigenvalue weighted by Crippen LogP contribution is 2.31. The van der Waals surface area contributed by atoms with E-state index in [9.17, 15) is 4.79 Å². The second-order valence-electron chi connectivity index (χ2n) is 6.57. The quantitative estimate of drug-likeness (QED) is 0.928. The molecule has 2 aliphatic rings. The fourth-order valence-corrected chi connectivity index (χ4v) is 3.65. The lowest BCUT2D eigenvalue weighted by atomic mass is 9.95. The summed E-state index contributed by atoms with van der Waals surface area (Å²) < 4.78 is 5.51. The number of nitrogens with one attached hydrogen (secondary N) is 1. The molecule has 0 unspecified atom stereocenters. The molecule has 1 saturated heterocycles. The summed E-state index contributed by atoms with van der Waals surface area (Å²) >= 11 is 0. The third-order valence-electron chi connectivity index (χ3n) is 4.86. The topological polar surface area (TPSA) is 41.6 Å². The maximum atomic E-state index is 12.3. The van der Waals surface area contributed by atoms with Crippen LogP contribution < -0.4 is 10.2 Å². The Labute approximate surface area is 132 Å². The highest BCUT2D eigenvalue weighted by molar-refractivity contribution is 5.78. The fourth-order valence-electron chi connectivity index (χ4n) is 3.65. The maximum absolute atomic E-state index is 12.3. The molecule has 22 heavy (non-hydrogen) atoms. The van der Waals surface area contributed by atoms with Crippen LogP contribution in [0.4, 0.5) is 5.69 Å². The number of carbonyl (C=O) groups excluding carboxylic acids is 1. The molecule has 3 rings (SSSR count). The number of fused-ring (bicyclic) bond motifs is 1. The number of benzene rings is 1. The number of amides is 1. The lowest BCUT2D eigenvalue weighted by Gasteiger charge is -2.28. The van der Waals surface area contributed by atoms with Crippen molar-refractivity contribution in [2.45, 2.75) is 45.3 Å². The van der Waals surface area contributed by atoms with Crippen molar-refractivity contribution >= 4 is 11.6 Å². The SMILES string of the molecule is C[C@@H]1C[C@@H](C(=O)NCCN2c3ccccc3C[C@@H]2C)CCO1. The predicted octanol–water partition coefficient (Wildman–Crippen LogP) is 2.37. The van der Waals surface area contributed by atoms with E-state index in [1.54, 1.807) is 0 Å². The average Bonchev–Trinajstić information content (AvgIpc) is 2.83. The first kappa shape index (κ1) is 15.3.